The molecule has 1 saturated heterocycles. The summed E-state index contributed by atoms with van der Waals surface area (Å²) in [6, 6.07) is 6.75. The van der Waals surface area contributed by atoms with Crippen molar-refractivity contribution in [3.05, 3.63) is 34.9 Å². The number of nitrogens with one attached hydrogen (secondary N) is 1. The minimum atomic E-state index is 0.00258. The largest absolute Gasteiger partial charge is 0.369 e. The van der Waals surface area contributed by atoms with Gasteiger partial charge in [-0.1, -0.05) is 32.0 Å². The van der Waals surface area contributed by atoms with E-state index in [1.165, 1.54) is 16.7 Å². The summed E-state index contributed by atoms with van der Waals surface area (Å²) in [5.74, 6) is 1.09. The Balaban J connectivity index is 2.10. The highest BCUT2D eigenvalue weighted by Gasteiger charge is 2.44. The van der Waals surface area contributed by atoms with Gasteiger partial charge in [0.15, 0.2) is 0 Å². The molecule has 1 N–H and O–H groups in total. The standard InChI is InChI=1S/C15H21NO/c1-10(2)11-5-4-6-12-13(11)8-17-15(3)9-16-7-14(12)15/h4-6,10,14,16H,7-9H2,1-3H3/t14-,15+/m0/s1. The van der Waals surface area contributed by atoms with Crippen LogP contribution in [0.5, 0.6) is 0 Å². The van der Waals surface area contributed by atoms with Crippen molar-refractivity contribution in [3.63, 3.8) is 0 Å². The molecule has 1 aromatic carbocycles. The Morgan fingerprint density at radius 3 is 3.00 bits per heavy atom. The molecule has 0 bridgehead atoms. The molecule has 92 valence electrons. The third-order valence-corrected chi connectivity index (χ3v) is 4.35. The lowest BCUT2D eigenvalue weighted by Crippen LogP contribution is -2.40. The van der Waals surface area contributed by atoms with Gasteiger partial charge in [0.05, 0.1) is 12.2 Å². The van der Waals surface area contributed by atoms with E-state index in [4.69, 9.17) is 4.74 Å². The van der Waals surface area contributed by atoms with Gasteiger partial charge in [0.25, 0.3) is 0 Å². The average molecular weight is 231 g/mol. The van der Waals surface area contributed by atoms with Crippen LogP contribution in [0.3, 0.4) is 0 Å². The van der Waals surface area contributed by atoms with Crippen LogP contribution in [0.25, 0.3) is 0 Å². The highest BCUT2D eigenvalue weighted by molar-refractivity contribution is 5.42. The highest BCUT2D eigenvalue weighted by atomic mass is 16.5. The van der Waals surface area contributed by atoms with Crippen LogP contribution in [-0.2, 0) is 11.3 Å². The lowest BCUT2D eigenvalue weighted by molar-refractivity contribution is -0.0522. The molecule has 0 unspecified atom stereocenters. The lowest BCUT2D eigenvalue weighted by atomic mass is 9.79. The Morgan fingerprint density at radius 1 is 1.41 bits per heavy atom. The van der Waals surface area contributed by atoms with E-state index in [0.29, 0.717) is 11.8 Å². The topological polar surface area (TPSA) is 21.3 Å². The van der Waals surface area contributed by atoms with Crippen molar-refractivity contribution in [2.75, 3.05) is 13.1 Å². The van der Waals surface area contributed by atoms with Gasteiger partial charge in [0.2, 0.25) is 0 Å². The molecule has 0 saturated carbocycles. The van der Waals surface area contributed by atoms with Gasteiger partial charge in [0, 0.05) is 19.0 Å². The van der Waals surface area contributed by atoms with Crippen LogP contribution >= 0.6 is 0 Å². The van der Waals surface area contributed by atoms with Gasteiger partial charge >= 0.3 is 0 Å². The normalized spacial score (nSPS) is 31.4. The molecule has 0 radical (unpaired) electrons. The van der Waals surface area contributed by atoms with Crippen LogP contribution in [-0.4, -0.2) is 18.7 Å². The molecular weight excluding hydrogens is 210 g/mol. The van der Waals surface area contributed by atoms with E-state index in [1.54, 1.807) is 0 Å². The van der Waals surface area contributed by atoms with E-state index in [-0.39, 0.29) is 5.60 Å². The molecular formula is C15H21NO. The summed E-state index contributed by atoms with van der Waals surface area (Å²) in [7, 11) is 0. The molecule has 2 heterocycles. The fraction of sp³-hybridized carbons (Fsp3) is 0.600. The van der Waals surface area contributed by atoms with E-state index in [1.807, 2.05) is 0 Å². The summed E-state index contributed by atoms with van der Waals surface area (Å²) in [6.07, 6.45) is 0. The van der Waals surface area contributed by atoms with Crippen molar-refractivity contribution in [2.45, 2.75) is 44.8 Å². The third kappa shape index (κ3) is 1.62. The van der Waals surface area contributed by atoms with E-state index in [0.717, 1.165) is 19.7 Å². The lowest BCUT2D eigenvalue weighted by Gasteiger charge is -2.38. The SMILES string of the molecule is CC(C)c1cccc2c1CO[C@]1(C)CNC[C@@H]21. The van der Waals surface area contributed by atoms with Crippen molar-refractivity contribution in [2.24, 2.45) is 0 Å². The molecule has 2 aliphatic heterocycles. The molecule has 2 atom stereocenters. The van der Waals surface area contributed by atoms with E-state index >= 15 is 0 Å². The maximum absolute atomic E-state index is 6.14. The van der Waals surface area contributed by atoms with E-state index in [2.05, 4.69) is 44.3 Å². The number of benzene rings is 1. The van der Waals surface area contributed by atoms with Gasteiger partial charge in [-0.25, -0.2) is 0 Å². The van der Waals surface area contributed by atoms with Gasteiger partial charge in [-0.05, 0) is 29.5 Å². The molecule has 1 fully saturated rings. The Hall–Kier alpha value is -0.860. The smallest absolute Gasteiger partial charge is 0.0863 e. The van der Waals surface area contributed by atoms with Crippen LogP contribution < -0.4 is 5.32 Å². The van der Waals surface area contributed by atoms with Gasteiger partial charge in [-0.3, -0.25) is 0 Å². The molecule has 1 aromatic rings. The fourth-order valence-electron chi connectivity index (χ4n) is 3.29. The number of fused-ring (bicyclic) bond motifs is 3. The molecule has 17 heavy (non-hydrogen) atoms. The van der Waals surface area contributed by atoms with Gasteiger partial charge in [0.1, 0.15) is 0 Å². The highest BCUT2D eigenvalue weighted by Crippen LogP contribution is 2.43. The van der Waals surface area contributed by atoms with Crippen molar-refractivity contribution in [3.8, 4) is 0 Å². The average Bonchev–Trinajstić information content (AvgIpc) is 2.70. The van der Waals surface area contributed by atoms with Crippen LogP contribution in [0, 0.1) is 0 Å². The zero-order chi connectivity index (χ0) is 12.0. The molecule has 0 aliphatic carbocycles. The van der Waals surface area contributed by atoms with Crippen LogP contribution in [0.4, 0.5) is 0 Å². The van der Waals surface area contributed by atoms with E-state index in [9.17, 15) is 0 Å². The zero-order valence-electron chi connectivity index (χ0n) is 10.9. The fourth-order valence-corrected chi connectivity index (χ4v) is 3.29. The van der Waals surface area contributed by atoms with Crippen molar-refractivity contribution in [1.29, 1.82) is 0 Å². The molecule has 2 aliphatic rings. The summed E-state index contributed by atoms with van der Waals surface area (Å²) in [5.41, 5.74) is 4.41. The molecule has 2 heteroatoms. The maximum atomic E-state index is 6.14. The first-order valence-electron chi connectivity index (χ1n) is 6.58. The van der Waals surface area contributed by atoms with E-state index < -0.39 is 0 Å². The molecule has 0 aromatic heterocycles. The first-order chi connectivity index (χ1) is 8.12. The summed E-state index contributed by atoms with van der Waals surface area (Å²) in [4.78, 5) is 0. The monoisotopic (exact) mass is 231 g/mol. The molecule has 2 nitrogen and oxygen atoms in total. The summed E-state index contributed by atoms with van der Waals surface area (Å²) >= 11 is 0. The number of ether oxygens (including phenoxy) is 1. The summed E-state index contributed by atoms with van der Waals surface area (Å²) in [6.45, 7) is 9.56. The molecule has 0 spiro atoms. The first-order valence-corrected chi connectivity index (χ1v) is 6.58. The summed E-state index contributed by atoms with van der Waals surface area (Å²) < 4.78 is 6.14. The number of hydrogen-bond acceptors (Lipinski definition) is 2. The Labute approximate surface area is 103 Å². The Bertz CT molecular complexity index is 441. The Kier molecular flexibility index (Phi) is 2.53. The number of hydrogen-bond donors (Lipinski definition) is 1. The number of rotatable bonds is 1. The van der Waals surface area contributed by atoms with Crippen LogP contribution in [0.1, 0.15) is 49.3 Å². The predicted octanol–water partition coefficient (Wildman–Crippen LogP) is 2.79. The third-order valence-electron chi connectivity index (χ3n) is 4.35. The van der Waals surface area contributed by atoms with Gasteiger partial charge in [-0.15, -0.1) is 0 Å². The minimum Gasteiger partial charge on any atom is -0.369 e. The van der Waals surface area contributed by atoms with Crippen molar-refractivity contribution < 1.29 is 4.74 Å². The quantitative estimate of drug-likeness (QED) is 0.802. The van der Waals surface area contributed by atoms with Crippen LogP contribution in [0.2, 0.25) is 0 Å². The zero-order valence-corrected chi connectivity index (χ0v) is 10.9. The Morgan fingerprint density at radius 2 is 2.24 bits per heavy atom. The molecule has 0 amide bonds. The maximum Gasteiger partial charge on any atom is 0.0863 e. The minimum absolute atomic E-state index is 0.00258. The predicted molar refractivity (Wildman–Crippen MR) is 69.3 cm³/mol. The van der Waals surface area contributed by atoms with Gasteiger partial charge < -0.3 is 10.1 Å². The first kappa shape index (κ1) is 11.2. The molecule has 3 rings (SSSR count). The second-order valence-electron chi connectivity index (χ2n) is 5.85. The second-order valence-corrected chi connectivity index (χ2v) is 5.85. The van der Waals surface area contributed by atoms with Crippen molar-refractivity contribution >= 4 is 0 Å². The van der Waals surface area contributed by atoms with Crippen LogP contribution in [0.15, 0.2) is 18.2 Å². The van der Waals surface area contributed by atoms with Gasteiger partial charge in [-0.2, -0.15) is 0 Å². The second kappa shape index (κ2) is 3.82. The van der Waals surface area contributed by atoms with Crippen molar-refractivity contribution in [1.82, 2.24) is 5.32 Å². The summed E-state index contributed by atoms with van der Waals surface area (Å²) in [5, 5.41) is 3.47.